The Kier molecular flexibility index (Phi) is 40.6. The quantitative estimate of drug-likeness (QED) is 0.0346. The van der Waals surface area contributed by atoms with E-state index in [-0.39, 0.29) is 0 Å². The Bertz CT molecular complexity index is 1330. The average Bonchev–Trinajstić information content (AvgIpc) is 3.35. The second-order valence-corrected chi connectivity index (χ2v) is 21.8. The van der Waals surface area contributed by atoms with Gasteiger partial charge in [-0.15, -0.1) is 0 Å². The van der Waals surface area contributed by atoms with Gasteiger partial charge in [-0.05, 0) is 51.4 Å². The molecule has 464 valence electrons. The molecule has 20 heteroatoms. The number of hydrogen-bond acceptors (Lipinski definition) is 2. The van der Waals surface area contributed by atoms with Crippen LogP contribution in [0, 0.1) is 0 Å². The monoisotopic (exact) mass is 1150 g/mol. The molecule has 0 bridgehead atoms. The van der Waals surface area contributed by atoms with Crippen molar-refractivity contribution in [2.45, 2.75) is 332 Å². The van der Waals surface area contributed by atoms with Crippen LogP contribution in [0.5, 0.6) is 0 Å². The first-order chi connectivity index (χ1) is 35.9. The summed E-state index contributed by atoms with van der Waals surface area (Å²) in [6.45, 7) is 15.3. The van der Waals surface area contributed by atoms with Gasteiger partial charge in [-0.1, -0.05) is 233 Å². The van der Waals surface area contributed by atoms with Crippen molar-refractivity contribution in [3.63, 3.8) is 0 Å². The van der Waals surface area contributed by atoms with Gasteiger partial charge in [0.25, 0.3) is 0 Å². The topological polar surface area (TPSA) is 40.1 Å². The van der Waals surface area contributed by atoms with Gasteiger partial charge >= 0.3 is 47.6 Å². The van der Waals surface area contributed by atoms with E-state index in [9.17, 15) is 84.5 Å². The van der Waals surface area contributed by atoms with Crippen LogP contribution < -0.4 is 5.11 Å². The van der Waals surface area contributed by atoms with E-state index in [0.29, 0.717) is 0 Å². The lowest BCUT2D eigenvalue weighted by Gasteiger charge is -2.42. The number of alkyl halides is 17. The summed E-state index contributed by atoms with van der Waals surface area (Å²) < 4.78 is 215. The second kappa shape index (κ2) is 40.4. The number of unbranched alkanes of at least 4 members (excludes halogenated alkanes) is 36. The zero-order valence-electron chi connectivity index (χ0n) is 47.3. The van der Waals surface area contributed by atoms with Crippen LogP contribution in [-0.4, -0.2) is 84.3 Å². The van der Waals surface area contributed by atoms with Crippen molar-refractivity contribution in [2.24, 2.45) is 0 Å². The Hall–Kier alpha value is -1.76. The molecule has 0 aromatic heterocycles. The SMILES string of the molecule is CCCCCCCCCCCC[N+](CCCCCCCCCCCC)(CCCCCCCCCCCC)CCCCCCCCCCCC.O=C([O-])C(F)(F)C(F)(F)C(F)(F)C(F)(F)C(F)(F)C(F)(F)C(F)(F)C(F)(F)F. The maximum atomic E-state index is 13.0. The molecule has 0 aliphatic rings. The van der Waals surface area contributed by atoms with Gasteiger partial charge in [-0.2, -0.15) is 74.6 Å². The molecule has 0 saturated heterocycles. The summed E-state index contributed by atoms with van der Waals surface area (Å²) in [7, 11) is 0. The highest BCUT2D eigenvalue weighted by molar-refractivity contribution is 5.75. The van der Waals surface area contributed by atoms with Gasteiger partial charge in [0, 0.05) is 0 Å². The number of carbonyl (C=O) groups excluding carboxylic acids is 1. The predicted octanol–water partition coefficient (Wildman–Crippen LogP) is 21.2. The fourth-order valence-corrected chi connectivity index (χ4v) is 9.70. The molecule has 0 atom stereocenters. The van der Waals surface area contributed by atoms with Crippen LogP contribution in [0.25, 0.3) is 0 Å². The molecule has 0 aromatic rings. The Morgan fingerprint density at radius 1 is 0.260 bits per heavy atom. The van der Waals surface area contributed by atoms with E-state index in [4.69, 9.17) is 0 Å². The van der Waals surface area contributed by atoms with Crippen molar-refractivity contribution in [3.05, 3.63) is 0 Å². The van der Waals surface area contributed by atoms with E-state index in [1.807, 2.05) is 0 Å². The first-order valence-corrected chi connectivity index (χ1v) is 29.7. The second-order valence-electron chi connectivity index (χ2n) is 21.8. The number of carboxylic acids is 1. The summed E-state index contributed by atoms with van der Waals surface area (Å²) in [4.78, 5) is 9.65. The summed E-state index contributed by atoms with van der Waals surface area (Å²) in [5.41, 5.74) is 0. The standard InChI is InChI=1S/C48H100N.C9HF17O2/c1-5-9-13-17-21-25-29-33-37-41-45-49(46-42-38-34-30-26-22-18-14-10-6-2,47-43-39-35-31-27-23-19-15-11-7-3)48-44-40-36-32-28-24-20-16-12-8-4;10-2(11,1(27)28)3(12,13)4(14,15)5(16,17)6(18,19)7(20,21)8(22,23)9(24,25)26/h5-48H2,1-4H3;(H,27,28)/q+1;/p-1. The molecule has 0 fully saturated rings. The minimum absolute atomic E-state index is 1.37. The number of quaternary nitrogens is 1. The molecule has 0 spiro atoms. The molecule has 0 aliphatic heterocycles. The molecule has 0 aromatic carbocycles. The van der Waals surface area contributed by atoms with Crippen molar-refractivity contribution in [1.82, 2.24) is 0 Å². The molecular weight excluding hydrogens is 1050 g/mol. The lowest BCUT2D eigenvalue weighted by molar-refractivity contribution is -0.929. The minimum Gasteiger partial charge on any atom is -0.544 e. The molecule has 0 radical (unpaired) electrons. The first kappa shape index (κ1) is 77.3. The number of rotatable bonds is 51. The molecule has 77 heavy (non-hydrogen) atoms. The lowest BCUT2D eigenvalue weighted by Crippen LogP contribution is -2.75. The number of aliphatic carboxylic acids is 1. The highest BCUT2D eigenvalue weighted by atomic mass is 19.4. The highest BCUT2D eigenvalue weighted by Crippen LogP contribution is 2.64. The highest BCUT2D eigenvalue weighted by Gasteiger charge is 2.95. The zero-order valence-corrected chi connectivity index (χ0v) is 47.3. The largest absolute Gasteiger partial charge is 0.544 e. The van der Waals surface area contributed by atoms with Gasteiger partial charge in [0.1, 0.15) is 5.97 Å². The Labute approximate surface area is 452 Å². The van der Waals surface area contributed by atoms with Gasteiger partial charge in [-0.3, -0.25) is 0 Å². The maximum Gasteiger partial charge on any atom is 0.460 e. The van der Waals surface area contributed by atoms with Crippen molar-refractivity contribution >= 4 is 5.97 Å². The van der Waals surface area contributed by atoms with Crippen LogP contribution in [0.15, 0.2) is 0 Å². The molecular formula is C57H100F17NO2. The van der Waals surface area contributed by atoms with Gasteiger partial charge < -0.3 is 14.4 Å². The predicted molar refractivity (Wildman–Crippen MR) is 273 cm³/mol. The van der Waals surface area contributed by atoms with Gasteiger partial charge in [0.15, 0.2) is 0 Å². The maximum absolute atomic E-state index is 13.0. The van der Waals surface area contributed by atoms with E-state index in [0.717, 1.165) is 0 Å². The number of halogens is 17. The van der Waals surface area contributed by atoms with Crippen LogP contribution in [0.1, 0.15) is 285 Å². The molecule has 0 aliphatic carbocycles. The van der Waals surface area contributed by atoms with Crippen molar-refractivity contribution < 1.29 is 89.0 Å². The van der Waals surface area contributed by atoms with Crippen LogP contribution >= 0.6 is 0 Å². The molecule has 0 N–H and O–H groups in total. The zero-order chi connectivity index (χ0) is 59.2. The van der Waals surface area contributed by atoms with Gasteiger partial charge in [0.2, 0.25) is 0 Å². The van der Waals surface area contributed by atoms with Gasteiger partial charge in [0.05, 0.1) is 26.2 Å². The summed E-state index contributed by atoms with van der Waals surface area (Å²) in [6.07, 6.45) is 50.9. The van der Waals surface area contributed by atoms with E-state index in [2.05, 4.69) is 27.7 Å². The Morgan fingerprint density at radius 3 is 0.584 bits per heavy atom. The van der Waals surface area contributed by atoms with Crippen LogP contribution in [0.4, 0.5) is 74.6 Å². The number of hydrogen-bond donors (Lipinski definition) is 0. The third kappa shape index (κ3) is 27.2. The summed E-state index contributed by atoms with van der Waals surface area (Å²) >= 11 is 0. The number of nitrogens with zero attached hydrogens (tertiary/aromatic N) is 1. The molecule has 0 saturated carbocycles. The molecule has 0 amide bonds. The molecule has 0 unspecified atom stereocenters. The smallest absolute Gasteiger partial charge is 0.460 e. The molecule has 0 heterocycles. The average molecular weight is 1150 g/mol. The third-order valence-corrected chi connectivity index (χ3v) is 14.9. The van der Waals surface area contributed by atoms with Crippen molar-refractivity contribution in [1.29, 1.82) is 0 Å². The van der Waals surface area contributed by atoms with Gasteiger partial charge in [-0.25, -0.2) is 0 Å². The number of carboxylic acid groups (broad SMARTS) is 1. The lowest BCUT2D eigenvalue weighted by atomic mass is 9.89. The van der Waals surface area contributed by atoms with Crippen LogP contribution in [0.2, 0.25) is 0 Å². The summed E-state index contributed by atoms with van der Waals surface area (Å²) in [5.74, 6) is -63.5. The fraction of sp³-hybridized carbons (Fsp3) is 0.982. The van der Waals surface area contributed by atoms with E-state index >= 15 is 0 Å². The van der Waals surface area contributed by atoms with Crippen LogP contribution in [0.3, 0.4) is 0 Å². The van der Waals surface area contributed by atoms with Crippen molar-refractivity contribution in [2.75, 3.05) is 26.2 Å². The Morgan fingerprint density at radius 2 is 0.416 bits per heavy atom. The third-order valence-electron chi connectivity index (χ3n) is 14.9. The van der Waals surface area contributed by atoms with E-state index in [1.165, 1.54) is 287 Å². The molecule has 3 nitrogen and oxygen atoms in total. The van der Waals surface area contributed by atoms with Crippen molar-refractivity contribution in [3.8, 4) is 0 Å². The Balaban J connectivity index is 0. The fourth-order valence-electron chi connectivity index (χ4n) is 9.70. The first-order valence-electron chi connectivity index (χ1n) is 29.7. The summed E-state index contributed by atoms with van der Waals surface area (Å²) in [6, 6.07) is 0. The van der Waals surface area contributed by atoms with E-state index < -0.39 is 53.6 Å². The normalized spacial score (nSPS) is 13.6. The summed E-state index contributed by atoms with van der Waals surface area (Å²) in [5, 5.41) is 9.65. The molecule has 0 rings (SSSR count). The minimum atomic E-state index is -8.79. The van der Waals surface area contributed by atoms with Crippen LogP contribution in [-0.2, 0) is 4.79 Å². The van der Waals surface area contributed by atoms with E-state index in [1.54, 1.807) is 0 Å². The number of carbonyl (C=O) groups is 1.